The molecule has 0 bridgehead atoms. The van der Waals surface area contributed by atoms with Crippen LogP contribution in [0.4, 0.5) is 0 Å². The molecule has 1 atom stereocenters. The quantitative estimate of drug-likeness (QED) is 0.823. The Labute approximate surface area is 122 Å². The minimum Gasteiger partial charge on any atom is -0.497 e. The van der Waals surface area contributed by atoms with Crippen LogP contribution in [0.1, 0.15) is 22.9 Å². The smallest absolute Gasteiger partial charge is 0.305 e. The summed E-state index contributed by atoms with van der Waals surface area (Å²) < 4.78 is 5.18. The number of rotatable bonds is 7. The molecule has 4 nitrogen and oxygen atoms in total. The van der Waals surface area contributed by atoms with Crippen LogP contribution in [-0.2, 0) is 11.3 Å². The molecule has 2 aromatic rings. The third-order valence-electron chi connectivity index (χ3n) is 2.95. The molecule has 2 rings (SSSR count). The Bertz CT molecular complexity index is 554. The monoisotopic (exact) mass is 291 g/mol. The number of carboxylic acid groups (broad SMARTS) is 1. The third kappa shape index (κ3) is 4.08. The number of nitrogens with one attached hydrogen (secondary N) is 1. The lowest BCUT2D eigenvalue weighted by Gasteiger charge is -2.15. The van der Waals surface area contributed by atoms with Crippen LogP contribution in [-0.4, -0.2) is 18.2 Å². The Balaban J connectivity index is 2.02. The maximum absolute atomic E-state index is 11.0. The second-order valence-corrected chi connectivity index (χ2v) is 5.38. The second kappa shape index (κ2) is 7.07. The van der Waals surface area contributed by atoms with Crippen molar-refractivity contribution in [2.45, 2.75) is 19.0 Å². The molecule has 0 saturated carbocycles. The van der Waals surface area contributed by atoms with Gasteiger partial charge in [-0.25, -0.2) is 0 Å². The summed E-state index contributed by atoms with van der Waals surface area (Å²) in [7, 11) is 1.63. The van der Waals surface area contributed by atoms with Gasteiger partial charge >= 0.3 is 5.97 Å². The minimum absolute atomic E-state index is 0.0739. The van der Waals surface area contributed by atoms with Crippen LogP contribution in [0, 0.1) is 0 Å². The first-order valence-electron chi connectivity index (χ1n) is 6.30. The van der Waals surface area contributed by atoms with Gasteiger partial charge in [0.2, 0.25) is 0 Å². The zero-order chi connectivity index (χ0) is 14.4. The molecule has 1 aromatic heterocycles. The molecule has 0 fully saturated rings. The van der Waals surface area contributed by atoms with Crippen LogP contribution in [0.5, 0.6) is 5.75 Å². The van der Waals surface area contributed by atoms with E-state index in [2.05, 4.69) is 5.32 Å². The molecule has 106 valence electrons. The molecule has 0 aliphatic carbocycles. The van der Waals surface area contributed by atoms with Crippen molar-refractivity contribution in [2.24, 2.45) is 0 Å². The molecule has 0 radical (unpaired) electrons. The Morgan fingerprint density at radius 3 is 2.90 bits per heavy atom. The number of carbonyl (C=O) groups is 1. The number of hydrogen-bond acceptors (Lipinski definition) is 4. The SMILES string of the molecule is COc1cccc(CNC(CC(=O)O)c2cccs2)c1. The highest BCUT2D eigenvalue weighted by atomic mass is 32.1. The van der Waals surface area contributed by atoms with E-state index in [0.29, 0.717) is 6.54 Å². The van der Waals surface area contributed by atoms with Crippen molar-refractivity contribution in [2.75, 3.05) is 7.11 Å². The maximum atomic E-state index is 11.0. The fourth-order valence-corrected chi connectivity index (χ4v) is 2.76. The largest absolute Gasteiger partial charge is 0.497 e. The van der Waals surface area contributed by atoms with E-state index in [9.17, 15) is 4.79 Å². The van der Waals surface area contributed by atoms with E-state index in [1.54, 1.807) is 18.4 Å². The normalized spacial score (nSPS) is 12.1. The maximum Gasteiger partial charge on any atom is 0.305 e. The van der Waals surface area contributed by atoms with Crippen molar-refractivity contribution in [3.63, 3.8) is 0 Å². The molecule has 2 N–H and O–H groups in total. The summed E-state index contributed by atoms with van der Waals surface area (Å²) in [6, 6.07) is 11.5. The number of methoxy groups -OCH3 is 1. The van der Waals surface area contributed by atoms with E-state index in [-0.39, 0.29) is 12.5 Å². The molecule has 1 heterocycles. The van der Waals surface area contributed by atoms with Crippen molar-refractivity contribution < 1.29 is 14.6 Å². The Hall–Kier alpha value is -1.85. The van der Waals surface area contributed by atoms with E-state index < -0.39 is 5.97 Å². The van der Waals surface area contributed by atoms with Crippen LogP contribution >= 0.6 is 11.3 Å². The molecule has 0 spiro atoms. The first-order chi connectivity index (χ1) is 9.69. The molecule has 20 heavy (non-hydrogen) atoms. The van der Waals surface area contributed by atoms with Crippen molar-refractivity contribution in [3.05, 3.63) is 52.2 Å². The van der Waals surface area contributed by atoms with Gasteiger partial charge in [0.25, 0.3) is 0 Å². The average Bonchev–Trinajstić information content (AvgIpc) is 2.97. The van der Waals surface area contributed by atoms with Crippen molar-refractivity contribution in [1.29, 1.82) is 0 Å². The highest BCUT2D eigenvalue weighted by Crippen LogP contribution is 2.23. The predicted molar refractivity (Wildman–Crippen MR) is 79.1 cm³/mol. The summed E-state index contributed by atoms with van der Waals surface area (Å²) in [5, 5.41) is 14.3. The molecule has 5 heteroatoms. The summed E-state index contributed by atoms with van der Waals surface area (Å²) in [5.74, 6) is -0.00301. The van der Waals surface area contributed by atoms with Crippen molar-refractivity contribution in [3.8, 4) is 5.75 Å². The fraction of sp³-hybridized carbons (Fsp3) is 0.267. The first kappa shape index (κ1) is 14.6. The van der Waals surface area contributed by atoms with E-state index in [1.165, 1.54) is 0 Å². The van der Waals surface area contributed by atoms with Gasteiger partial charge < -0.3 is 15.2 Å². The van der Waals surface area contributed by atoms with Crippen LogP contribution < -0.4 is 10.1 Å². The minimum atomic E-state index is -0.804. The third-order valence-corrected chi connectivity index (χ3v) is 3.94. The van der Waals surface area contributed by atoms with E-state index >= 15 is 0 Å². The van der Waals surface area contributed by atoms with Gasteiger partial charge in [-0.1, -0.05) is 18.2 Å². The summed E-state index contributed by atoms with van der Waals surface area (Å²) in [4.78, 5) is 12.0. The van der Waals surface area contributed by atoms with Crippen LogP contribution in [0.25, 0.3) is 0 Å². The van der Waals surface area contributed by atoms with Crippen molar-refractivity contribution in [1.82, 2.24) is 5.32 Å². The molecular formula is C15H17NO3S. The summed E-state index contributed by atoms with van der Waals surface area (Å²) >= 11 is 1.57. The fourth-order valence-electron chi connectivity index (χ4n) is 1.96. The molecule has 1 unspecified atom stereocenters. The number of thiophene rings is 1. The number of ether oxygens (including phenoxy) is 1. The number of hydrogen-bond donors (Lipinski definition) is 2. The topological polar surface area (TPSA) is 58.6 Å². The van der Waals surface area contributed by atoms with Gasteiger partial charge in [-0.2, -0.15) is 0 Å². The number of benzene rings is 1. The lowest BCUT2D eigenvalue weighted by molar-refractivity contribution is -0.137. The van der Waals surface area contributed by atoms with Gasteiger partial charge in [0.15, 0.2) is 0 Å². The Kier molecular flexibility index (Phi) is 5.15. The van der Waals surface area contributed by atoms with E-state index in [1.807, 2.05) is 41.8 Å². The zero-order valence-electron chi connectivity index (χ0n) is 11.2. The van der Waals surface area contributed by atoms with Crippen LogP contribution in [0.15, 0.2) is 41.8 Å². The van der Waals surface area contributed by atoms with Gasteiger partial charge in [-0.15, -0.1) is 11.3 Å². The Morgan fingerprint density at radius 1 is 1.40 bits per heavy atom. The zero-order valence-corrected chi connectivity index (χ0v) is 12.0. The molecule has 0 aliphatic heterocycles. The summed E-state index contributed by atoms with van der Waals surface area (Å²) in [6.07, 6.45) is 0.0739. The predicted octanol–water partition coefficient (Wildman–Crippen LogP) is 3.06. The highest BCUT2D eigenvalue weighted by molar-refractivity contribution is 7.10. The molecule has 0 aliphatic rings. The number of aliphatic carboxylic acids is 1. The summed E-state index contributed by atoms with van der Waals surface area (Å²) in [6.45, 7) is 0.604. The van der Waals surface area contributed by atoms with Gasteiger partial charge in [-0.05, 0) is 29.1 Å². The van der Waals surface area contributed by atoms with Gasteiger partial charge in [-0.3, -0.25) is 4.79 Å². The lowest BCUT2D eigenvalue weighted by atomic mass is 10.1. The van der Waals surface area contributed by atoms with Crippen LogP contribution in [0.3, 0.4) is 0 Å². The molecule has 1 aromatic carbocycles. The molecule has 0 amide bonds. The van der Waals surface area contributed by atoms with Gasteiger partial charge in [0, 0.05) is 11.4 Å². The van der Waals surface area contributed by atoms with E-state index in [4.69, 9.17) is 9.84 Å². The second-order valence-electron chi connectivity index (χ2n) is 4.40. The standard InChI is InChI=1S/C15H17NO3S/c1-19-12-5-2-4-11(8-12)10-16-13(9-15(17)18)14-6-3-7-20-14/h2-8,13,16H,9-10H2,1H3,(H,17,18). The summed E-state index contributed by atoms with van der Waals surface area (Å²) in [5.41, 5.74) is 1.07. The molecule has 0 saturated heterocycles. The van der Waals surface area contributed by atoms with Crippen LogP contribution in [0.2, 0.25) is 0 Å². The average molecular weight is 291 g/mol. The Morgan fingerprint density at radius 2 is 2.25 bits per heavy atom. The van der Waals surface area contributed by atoms with Gasteiger partial charge in [0.1, 0.15) is 5.75 Å². The highest BCUT2D eigenvalue weighted by Gasteiger charge is 2.15. The van der Waals surface area contributed by atoms with Crippen molar-refractivity contribution >= 4 is 17.3 Å². The number of carboxylic acids is 1. The van der Waals surface area contributed by atoms with E-state index in [0.717, 1.165) is 16.2 Å². The first-order valence-corrected chi connectivity index (χ1v) is 7.18. The van der Waals surface area contributed by atoms with Gasteiger partial charge in [0.05, 0.1) is 19.6 Å². The molecular weight excluding hydrogens is 274 g/mol. The lowest BCUT2D eigenvalue weighted by Crippen LogP contribution is -2.22.